The van der Waals surface area contributed by atoms with Gasteiger partial charge in [-0.1, -0.05) is 29.8 Å². The maximum Gasteiger partial charge on any atom is 0.252 e. The Morgan fingerprint density at radius 2 is 1.95 bits per heavy atom. The molecule has 0 saturated heterocycles. The van der Waals surface area contributed by atoms with Gasteiger partial charge in [0, 0.05) is 11.6 Å². The van der Waals surface area contributed by atoms with Crippen LogP contribution < -0.4 is 16.2 Å². The molecule has 4 nitrogen and oxygen atoms in total. The number of halogens is 1. The molecular formula is C14H13ClN2O2. The topological polar surface area (TPSA) is 78.3 Å². The Kier molecular flexibility index (Phi) is 4.04. The van der Waals surface area contributed by atoms with Crippen molar-refractivity contribution >= 4 is 17.5 Å². The van der Waals surface area contributed by atoms with Crippen LogP contribution in [0.25, 0.3) is 0 Å². The van der Waals surface area contributed by atoms with Crippen LogP contribution in [-0.4, -0.2) is 5.91 Å². The van der Waals surface area contributed by atoms with Gasteiger partial charge >= 0.3 is 0 Å². The van der Waals surface area contributed by atoms with Crippen molar-refractivity contribution in [3.63, 3.8) is 0 Å². The summed E-state index contributed by atoms with van der Waals surface area (Å²) >= 11 is 6.05. The first-order valence-electron chi connectivity index (χ1n) is 5.67. The molecule has 2 aromatic carbocycles. The van der Waals surface area contributed by atoms with Gasteiger partial charge in [0.05, 0.1) is 5.56 Å². The molecule has 0 unspecified atom stereocenters. The van der Waals surface area contributed by atoms with E-state index in [1.165, 1.54) is 0 Å². The zero-order valence-electron chi connectivity index (χ0n) is 10.1. The van der Waals surface area contributed by atoms with Crippen LogP contribution in [-0.2, 0) is 6.54 Å². The molecule has 1 amide bonds. The smallest absolute Gasteiger partial charge is 0.252 e. The molecule has 0 aliphatic carbocycles. The average molecular weight is 277 g/mol. The number of hydrogen-bond donors (Lipinski definition) is 2. The van der Waals surface area contributed by atoms with Crippen LogP contribution >= 0.6 is 11.6 Å². The molecule has 2 aromatic rings. The van der Waals surface area contributed by atoms with Crippen molar-refractivity contribution in [1.29, 1.82) is 0 Å². The van der Waals surface area contributed by atoms with Gasteiger partial charge in [-0.15, -0.1) is 0 Å². The minimum Gasteiger partial charge on any atom is -0.456 e. The van der Waals surface area contributed by atoms with E-state index >= 15 is 0 Å². The van der Waals surface area contributed by atoms with Crippen molar-refractivity contribution in [2.75, 3.05) is 0 Å². The maximum absolute atomic E-state index is 11.3. The molecule has 0 fully saturated rings. The number of ether oxygens (including phenoxy) is 1. The zero-order valence-corrected chi connectivity index (χ0v) is 10.9. The number of hydrogen-bond acceptors (Lipinski definition) is 3. The van der Waals surface area contributed by atoms with E-state index in [0.29, 0.717) is 28.6 Å². The summed E-state index contributed by atoms with van der Waals surface area (Å²) in [5.74, 6) is 0.378. The highest BCUT2D eigenvalue weighted by atomic mass is 35.5. The summed E-state index contributed by atoms with van der Waals surface area (Å²) in [5.41, 5.74) is 12.0. The Balaban J connectivity index is 2.31. The normalized spacial score (nSPS) is 10.2. The van der Waals surface area contributed by atoms with Gasteiger partial charge < -0.3 is 16.2 Å². The molecule has 98 valence electrons. The molecular weight excluding hydrogens is 264 g/mol. The quantitative estimate of drug-likeness (QED) is 0.901. The third-order valence-corrected chi connectivity index (χ3v) is 2.98. The molecule has 19 heavy (non-hydrogen) atoms. The predicted molar refractivity (Wildman–Crippen MR) is 74.4 cm³/mol. The molecule has 0 heterocycles. The molecule has 0 aliphatic heterocycles. The lowest BCUT2D eigenvalue weighted by molar-refractivity contribution is 0.0998. The van der Waals surface area contributed by atoms with Gasteiger partial charge in [-0.3, -0.25) is 4.79 Å². The number of primary amides is 1. The first-order chi connectivity index (χ1) is 9.11. The number of nitrogens with two attached hydrogens (primary N) is 2. The molecule has 0 saturated carbocycles. The second-order valence-corrected chi connectivity index (χ2v) is 4.33. The van der Waals surface area contributed by atoms with E-state index in [4.69, 9.17) is 27.8 Å². The molecule has 0 bridgehead atoms. The lowest BCUT2D eigenvalue weighted by Crippen LogP contribution is -2.12. The Morgan fingerprint density at radius 1 is 1.21 bits per heavy atom. The Hall–Kier alpha value is -2.04. The minimum atomic E-state index is -0.541. The zero-order chi connectivity index (χ0) is 13.8. The predicted octanol–water partition coefficient (Wildman–Crippen LogP) is 2.69. The van der Waals surface area contributed by atoms with Crippen LogP contribution in [0.3, 0.4) is 0 Å². The summed E-state index contributed by atoms with van der Waals surface area (Å²) in [6.45, 7) is 0.358. The second-order valence-electron chi connectivity index (χ2n) is 3.92. The molecule has 0 spiro atoms. The number of benzene rings is 2. The lowest BCUT2D eigenvalue weighted by Gasteiger charge is -2.10. The molecule has 0 radical (unpaired) electrons. The molecule has 0 aromatic heterocycles. The summed E-state index contributed by atoms with van der Waals surface area (Å²) in [4.78, 5) is 11.3. The summed E-state index contributed by atoms with van der Waals surface area (Å²) in [7, 11) is 0. The summed E-state index contributed by atoms with van der Waals surface area (Å²) in [6, 6.07) is 11.9. The van der Waals surface area contributed by atoms with Gasteiger partial charge in [-0.05, 0) is 29.8 Å². The van der Waals surface area contributed by atoms with Crippen LogP contribution in [0.5, 0.6) is 11.5 Å². The van der Waals surface area contributed by atoms with Crippen LogP contribution in [0.1, 0.15) is 15.9 Å². The van der Waals surface area contributed by atoms with E-state index in [9.17, 15) is 4.79 Å². The third-order valence-electron chi connectivity index (χ3n) is 2.62. The monoisotopic (exact) mass is 276 g/mol. The van der Waals surface area contributed by atoms with Gasteiger partial charge in [-0.2, -0.15) is 0 Å². The Labute approximate surface area is 115 Å². The summed E-state index contributed by atoms with van der Waals surface area (Å²) < 4.78 is 5.63. The van der Waals surface area contributed by atoms with Gasteiger partial charge in [0.25, 0.3) is 5.91 Å². The van der Waals surface area contributed by atoms with Gasteiger partial charge in [-0.25, -0.2) is 0 Å². The average Bonchev–Trinajstić information content (AvgIpc) is 2.39. The first kappa shape index (κ1) is 13.4. The standard InChI is InChI=1S/C14H13ClN2O2/c15-12-7-10(6-5-9(12)8-16)19-13-4-2-1-3-11(13)14(17)18/h1-7H,8,16H2,(H2,17,18). The molecule has 0 atom stereocenters. The Bertz CT molecular complexity index is 614. The molecule has 0 aliphatic rings. The van der Waals surface area contributed by atoms with Crippen LogP contribution in [0.15, 0.2) is 42.5 Å². The second kappa shape index (κ2) is 5.73. The number of para-hydroxylation sites is 1. The fourth-order valence-corrected chi connectivity index (χ4v) is 1.89. The molecule has 2 rings (SSSR count). The van der Waals surface area contributed by atoms with Gasteiger partial charge in [0.1, 0.15) is 11.5 Å². The maximum atomic E-state index is 11.3. The number of rotatable bonds is 4. The van der Waals surface area contributed by atoms with Crippen molar-refractivity contribution in [2.45, 2.75) is 6.54 Å². The highest BCUT2D eigenvalue weighted by molar-refractivity contribution is 6.31. The van der Waals surface area contributed by atoms with Crippen LogP contribution in [0.4, 0.5) is 0 Å². The summed E-state index contributed by atoms with van der Waals surface area (Å²) in [6.07, 6.45) is 0. The lowest BCUT2D eigenvalue weighted by atomic mass is 10.2. The van der Waals surface area contributed by atoms with E-state index in [1.807, 2.05) is 0 Å². The highest BCUT2D eigenvalue weighted by Gasteiger charge is 2.10. The van der Waals surface area contributed by atoms with Crippen LogP contribution in [0.2, 0.25) is 5.02 Å². The number of carbonyl (C=O) groups excluding carboxylic acids is 1. The van der Waals surface area contributed by atoms with E-state index < -0.39 is 5.91 Å². The van der Waals surface area contributed by atoms with Crippen LogP contribution in [0, 0.1) is 0 Å². The first-order valence-corrected chi connectivity index (χ1v) is 6.05. The van der Waals surface area contributed by atoms with Crippen molar-refractivity contribution in [1.82, 2.24) is 0 Å². The van der Waals surface area contributed by atoms with Gasteiger partial charge in [0.15, 0.2) is 0 Å². The fourth-order valence-electron chi connectivity index (χ4n) is 1.64. The number of amides is 1. The van der Waals surface area contributed by atoms with Crippen molar-refractivity contribution in [2.24, 2.45) is 11.5 Å². The van der Waals surface area contributed by atoms with E-state index in [2.05, 4.69) is 0 Å². The SMILES string of the molecule is NCc1ccc(Oc2ccccc2C(N)=O)cc1Cl. The molecule has 4 N–H and O–H groups in total. The third kappa shape index (κ3) is 3.05. The van der Waals surface area contributed by atoms with Crippen molar-refractivity contribution < 1.29 is 9.53 Å². The highest BCUT2D eigenvalue weighted by Crippen LogP contribution is 2.28. The largest absolute Gasteiger partial charge is 0.456 e. The van der Waals surface area contributed by atoms with E-state index in [-0.39, 0.29) is 0 Å². The van der Waals surface area contributed by atoms with E-state index in [1.54, 1.807) is 42.5 Å². The number of carbonyl (C=O) groups is 1. The van der Waals surface area contributed by atoms with Gasteiger partial charge in [0.2, 0.25) is 0 Å². The Morgan fingerprint density at radius 3 is 2.58 bits per heavy atom. The van der Waals surface area contributed by atoms with Crippen molar-refractivity contribution in [3.05, 3.63) is 58.6 Å². The fraction of sp³-hybridized carbons (Fsp3) is 0.0714. The molecule has 5 heteroatoms. The minimum absolute atomic E-state index is 0.321. The van der Waals surface area contributed by atoms with Crippen molar-refractivity contribution in [3.8, 4) is 11.5 Å². The summed E-state index contributed by atoms with van der Waals surface area (Å²) in [5, 5.41) is 0.525. The van der Waals surface area contributed by atoms with E-state index in [0.717, 1.165) is 5.56 Å².